The van der Waals surface area contributed by atoms with Crippen LogP contribution >= 0.6 is 11.8 Å². The van der Waals surface area contributed by atoms with Crippen molar-refractivity contribution in [3.05, 3.63) is 72.1 Å². The highest BCUT2D eigenvalue weighted by Crippen LogP contribution is 2.30. The van der Waals surface area contributed by atoms with Gasteiger partial charge in [-0.05, 0) is 48.5 Å². The molecule has 2 aromatic heterocycles. The van der Waals surface area contributed by atoms with E-state index < -0.39 is 17.6 Å². The first-order valence-electron chi connectivity index (χ1n) is 8.28. The summed E-state index contributed by atoms with van der Waals surface area (Å²) in [6.07, 6.45) is -1.18. The van der Waals surface area contributed by atoms with E-state index in [9.17, 15) is 23.2 Å². The van der Waals surface area contributed by atoms with Crippen molar-refractivity contribution in [2.45, 2.75) is 11.2 Å². The maximum atomic E-state index is 12.6. The number of carbonyl (C=O) groups is 1. The summed E-state index contributed by atoms with van der Waals surface area (Å²) in [5.74, 6) is -0.475. The van der Waals surface area contributed by atoms with Crippen molar-refractivity contribution in [1.29, 1.82) is 5.26 Å². The Balaban J connectivity index is 1.67. The van der Waals surface area contributed by atoms with Crippen LogP contribution in [0.3, 0.4) is 0 Å². The number of pyridine rings is 2. The minimum atomic E-state index is -4.43. The lowest BCUT2D eigenvalue weighted by molar-refractivity contribution is -0.137. The summed E-state index contributed by atoms with van der Waals surface area (Å²) in [4.78, 5) is 20.5. The number of benzene rings is 1. The minimum absolute atomic E-state index is 0.0531. The van der Waals surface area contributed by atoms with Crippen molar-refractivity contribution in [3.63, 3.8) is 0 Å². The van der Waals surface area contributed by atoms with Crippen molar-refractivity contribution in [2.24, 2.45) is 0 Å². The molecule has 9 heteroatoms. The molecule has 0 bridgehead atoms. The van der Waals surface area contributed by atoms with E-state index in [1.165, 1.54) is 12.1 Å². The molecule has 1 amide bonds. The van der Waals surface area contributed by atoms with Crippen LogP contribution in [0.5, 0.6) is 0 Å². The summed E-state index contributed by atoms with van der Waals surface area (Å²) in [5, 5.41) is 12.2. The predicted molar refractivity (Wildman–Crippen MR) is 103 cm³/mol. The second-order valence-corrected chi connectivity index (χ2v) is 6.77. The van der Waals surface area contributed by atoms with E-state index in [1.807, 2.05) is 6.07 Å². The van der Waals surface area contributed by atoms with Gasteiger partial charge < -0.3 is 5.32 Å². The maximum absolute atomic E-state index is 12.6. The third-order valence-electron chi connectivity index (χ3n) is 3.79. The molecule has 146 valence electrons. The average molecular weight is 414 g/mol. The first kappa shape index (κ1) is 20.4. The van der Waals surface area contributed by atoms with Crippen molar-refractivity contribution in [2.75, 3.05) is 11.1 Å². The van der Waals surface area contributed by atoms with Crippen LogP contribution in [0.1, 0.15) is 11.1 Å². The van der Waals surface area contributed by atoms with Gasteiger partial charge in [-0.15, -0.1) is 0 Å². The summed E-state index contributed by atoms with van der Waals surface area (Å²) in [5.41, 5.74) is 1.25. The van der Waals surface area contributed by atoms with E-state index in [2.05, 4.69) is 15.3 Å². The van der Waals surface area contributed by atoms with Crippen LogP contribution < -0.4 is 5.32 Å². The van der Waals surface area contributed by atoms with Crippen LogP contribution in [0.15, 0.2) is 66.0 Å². The van der Waals surface area contributed by atoms with E-state index >= 15 is 0 Å². The van der Waals surface area contributed by atoms with Gasteiger partial charge in [0.2, 0.25) is 5.91 Å². The lowest BCUT2D eigenvalue weighted by Crippen LogP contribution is -2.14. The molecule has 1 aromatic carbocycles. The average Bonchev–Trinajstić information content (AvgIpc) is 2.72. The zero-order chi connectivity index (χ0) is 20.9. The highest BCUT2D eigenvalue weighted by molar-refractivity contribution is 8.00. The minimum Gasteiger partial charge on any atom is -0.325 e. The van der Waals surface area contributed by atoms with Crippen molar-refractivity contribution >= 4 is 23.4 Å². The number of alkyl halides is 3. The highest BCUT2D eigenvalue weighted by Gasteiger charge is 2.30. The molecule has 0 atom stereocenters. The second-order valence-electron chi connectivity index (χ2n) is 5.81. The first-order valence-corrected chi connectivity index (χ1v) is 9.27. The van der Waals surface area contributed by atoms with E-state index in [1.54, 1.807) is 36.7 Å². The lowest BCUT2D eigenvalue weighted by atomic mass is 10.1. The number of nitrogens with one attached hydrogen (secondary N) is 1. The lowest BCUT2D eigenvalue weighted by Gasteiger charge is -2.09. The number of nitrogens with zero attached hydrogens (tertiary/aromatic N) is 3. The zero-order valence-corrected chi connectivity index (χ0v) is 15.6. The Labute approximate surface area is 168 Å². The fourth-order valence-electron chi connectivity index (χ4n) is 2.39. The molecule has 0 spiro atoms. The number of hydrogen-bond acceptors (Lipinski definition) is 5. The smallest absolute Gasteiger partial charge is 0.325 e. The molecule has 3 aromatic rings. The van der Waals surface area contributed by atoms with Crippen LogP contribution in [0.4, 0.5) is 18.9 Å². The van der Waals surface area contributed by atoms with Gasteiger partial charge in [0.05, 0.1) is 22.6 Å². The van der Waals surface area contributed by atoms with E-state index in [4.69, 9.17) is 0 Å². The Hall–Kier alpha value is -3.38. The molecule has 5 nitrogen and oxygen atoms in total. The molecule has 1 N–H and O–H groups in total. The third kappa shape index (κ3) is 5.33. The van der Waals surface area contributed by atoms with Gasteiger partial charge >= 0.3 is 6.18 Å². The number of rotatable bonds is 5. The Morgan fingerprint density at radius 2 is 1.76 bits per heavy atom. The van der Waals surface area contributed by atoms with Gasteiger partial charge in [0.25, 0.3) is 0 Å². The SMILES string of the molecule is N#Cc1ccc(-c2ccncc2)nc1SCC(=O)Nc1ccc(C(F)(F)F)cc1. The number of hydrogen-bond donors (Lipinski definition) is 1. The van der Waals surface area contributed by atoms with Crippen LogP contribution in [0.25, 0.3) is 11.3 Å². The van der Waals surface area contributed by atoms with Gasteiger partial charge in [-0.25, -0.2) is 4.98 Å². The van der Waals surface area contributed by atoms with Crippen molar-refractivity contribution in [3.8, 4) is 17.3 Å². The topological polar surface area (TPSA) is 78.7 Å². The first-order chi connectivity index (χ1) is 13.9. The third-order valence-corrected chi connectivity index (χ3v) is 4.78. The molecule has 0 fully saturated rings. The van der Waals surface area contributed by atoms with E-state index in [0.29, 0.717) is 16.3 Å². The molecular weight excluding hydrogens is 401 g/mol. The zero-order valence-electron chi connectivity index (χ0n) is 14.8. The van der Waals surface area contributed by atoms with E-state index in [-0.39, 0.29) is 11.4 Å². The Morgan fingerprint density at radius 3 is 2.38 bits per heavy atom. The second kappa shape index (κ2) is 8.75. The van der Waals surface area contributed by atoms with Gasteiger partial charge in [0.15, 0.2) is 0 Å². The van der Waals surface area contributed by atoms with Crippen LogP contribution in [-0.2, 0) is 11.0 Å². The number of amides is 1. The predicted octanol–water partition coefficient (Wildman–Crippen LogP) is 4.76. The molecule has 3 rings (SSSR count). The molecular formula is C20H13F3N4OS. The largest absolute Gasteiger partial charge is 0.416 e. The standard InChI is InChI=1S/C20H13F3N4OS/c21-20(22,23)15-2-4-16(5-3-15)26-18(28)12-29-19-14(11-24)1-6-17(27-19)13-7-9-25-10-8-13/h1-10H,12H2,(H,26,28). The number of nitriles is 1. The van der Waals surface area contributed by atoms with Crippen LogP contribution in [-0.4, -0.2) is 21.6 Å². The number of anilines is 1. The molecule has 0 aliphatic rings. The summed E-state index contributed by atoms with van der Waals surface area (Å²) in [6.45, 7) is 0. The summed E-state index contributed by atoms with van der Waals surface area (Å²) in [7, 11) is 0. The monoisotopic (exact) mass is 414 g/mol. The summed E-state index contributed by atoms with van der Waals surface area (Å²) >= 11 is 1.07. The highest BCUT2D eigenvalue weighted by atomic mass is 32.2. The van der Waals surface area contributed by atoms with Gasteiger partial charge in [0, 0.05) is 23.6 Å². The quantitative estimate of drug-likeness (QED) is 0.609. The fourth-order valence-corrected chi connectivity index (χ4v) is 3.16. The summed E-state index contributed by atoms with van der Waals surface area (Å²) < 4.78 is 37.8. The number of thioether (sulfide) groups is 1. The normalized spacial score (nSPS) is 11.0. The molecule has 0 aliphatic heterocycles. The van der Waals surface area contributed by atoms with Gasteiger partial charge in [-0.1, -0.05) is 11.8 Å². The van der Waals surface area contributed by atoms with Crippen molar-refractivity contribution in [1.82, 2.24) is 9.97 Å². The maximum Gasteiger partial charge on any atom is 0.416 e. The summed E-state index contributed by atoms with van der Waals surface area (Å²) in [6, 6.07) is 13.1. The van der Waals surface area contributed by atoms with Crippen LogP contribution in [0.2, 0.25) is 0 Å². The van der Waals surface area contributed by atoms with E-state index in [0.717, 1.165) is 29.5 Å². The Morgan fingerprint density at radius 1 is 1.07 bits per heavy atom. The van der Waals surface area contributed by atoms with Gasteiger partial charge in [-0.3, -0.25) is 9.78 Å². The van der Waals surface area contributed by atoms with Gasteiger partial charge in [-0.2, -0.15) is 18.4 Å². The number of aromatic nitrogens is 2. The van der Waals surface area contributed by atoms with Gasteiger partial charge in [0.1, 0.15) is 11.1 Å². The number of carbonyl (C=O) groups excluding carboxylic acids is 1. The molecule has 0 saturated carbocycles. The Bertz CT molecular complexity index is 1050. The molecule has 0 unspecified atom stereocenters. The number of halogens is 3. The van der Waals surface area contributed by atoms with Crippen LogP contribution in [0, 0.1) is 11.3 Å². The molecule has 0 aliphatic carbocycles. The van der Waals surface area contributed by atoms with Crippen molar-refractivity contribution < 1.29 is 18.0 Å². The molecule has 29 heavy (non-hydrogen) atoms. The molecule has 0 saturated heterocycles. The molecule has 2 heterocycles. The fraction of sp³-hybridized carbons (Fsp3) is 0.100. The Kier molecular flexibility index (Phi) is 6.14. The molecule has 0 radical (unpaired) electrons.